The number of carbonyl (C=O) groups is 2. The fraction of sp³-hybridized carbons (Fsp3) is 0.400. The number of nitrogens with one attached hydrogen (secondary N) is 2. The summed E-state index contributed by atoms with van der Waals surface area (Å²) >= 11 is 0. The Morgan fingerprint density at radius 3 is 2.84 bits per heavy atom. The molecule has 1 aliphatic heterocycles. The number of esters is 1. The summed E-state index contributed by atoms with van der Waals surface area (Å²) in [7, 11) is 1.42. The van der Waals surface area contributed by atoms with E-state index < -0.39 is 0 Å². The molecule has 0 saturated carbocycles. The van der Waals surface area contributed by atoms with Gasteiger partial charge in [-0.2, -0.15) is 0 Å². The zero-order chi connectivity index (χ0) is 17.6. The quantitative estimate of drug-likeness (QED) is 0.619. The van der Waals surface area contributed by atoms with Crippen LogP contribution in [-0.2, 0) is 16.0 Å². The number of aromatic nitrogens is 1. The van der Waals surface area contributed by atoms with Crippen LogP contribution in [0.15, 0.2) is 35.9 Å². The van der Waals surface area contributed by atoms with Crippen LogP contribution >= 0.6 is 0 Å². The van der Waals surface area contributed by atoms with Crippen LogP contribution in [0.5, 0.6) is 0 Å². The standard InChI is InChI=1S/C20H22N2O3/c1-3-11-10-21-16-8-14-12-6-4-5-7-15(12)22-19(14)17(23)9-13(11)18(16)20(24)25-2/h3-7,13,16,18,21-22H,8-10H2,1-2H3/b11-3+/t13-,16-,18-/m1/s1. The fourth-order valence-electron chi connectivity index (χ4n) is 4.43. The summed E-state index contributed by atoms with van der Waals surface area (Å²) < 4.78 is 5.08. The number of rotatable bonds is 1. The van der Waals surface area contributed by atoms with Crippen molar-refractivity contribution in [3.63, 3.8) is 0 Å². The summed E-state index contributed by atoms with van der Waals surface area (Å²) in [6.45, 7) is 2.67. The van der Waals surface area contributed by atoms with Gasteiger partial charge in [-0.15, -0.1) is 0 Å². The number of methoxy groups -OCH3 is 1. The number of carbonyl (C=O) groups excluding carboxylic acids is 2. The number of Topliss-reactive ketones (excluding diaryl/α,β-unsaturated/α-hetero) is 1. The summed E-state index contributed by atoms with van der Waals surface area (Å²) in [6, 6.07) is 7.92. The molecule has 0 unspecified atom stereocenters. The van der Waals surface area contributed by atoms with Crippen molar-refractivity contribution < 1.29 is 14.3 Å². The Kier molecular flexibility index (Phi) is 3.96. The van der Waals surface area contributed by atoms with Crippen LogP contribution in [0.1, 0.15) is 29.4 Å². The number of para-hydroxylation sites is 1. The number of allylic oxidation sites excluding steroid dienone is 1. The first-order valence-electron chi connectivity index (χ1n) is 8.73. The van der Waals surface area contributed by atoms with Gasteiger partial charge in [0.2, 0.25) is 0 Å². The van der Waals surface area contributed by atoms with Crippen LogP contribution in [-0.4, -0.2) is 36.4 Å². The lowest BCUT2D eigenvalue weighted by Crippen LogP contribution is -2.53. The van der Waals surface area contributed by atoms with Gasteiger partial charge >= 0.3 is 5.97 Å². The van der Waals surface area contributed by atoms with E-state index in [1.54, 1.807) is 0 Å². The highest BCUT2D eigenvalue weighted by Crippen LogP contribution is 2.38. The summed E-state index contributed by atoms with van der Waals surface area (Å²) in [5, 5.41) is 4.56. The van der Waals surface area contributed by atoms with Crippen LogP contribution in [0.2, 0.25) is 0 Å². The molecular formula is C20H22N2O3. The van der Waals surface area contributed by atoms with Gasteiger partial charge in [-0.05, 0) is 25.0 Å². The molecule has 4 rings (SSSR count). The lowest BCUT2D eigenvalue weighted by atomic mass is 9.71. The number of H-pyrrole nitrogens is 1. The molecule has 3 atom stereocenters. The lowest BCUT2D eigenvalue weighted by Gasteiger charge is -2.40. The van der Waals surface area contributed by atoms with Gasteiger partial charge in [-0.1, -0.05) is 29.8 Å². The molecule has 0 amide bonds. The topological polar surface area (TPSA) is 71.2 Å². The highest BCUT2D eigenvalue weighted by Gasteiger charge is 2.44. The van der Waals surface area contributed by atoms with E-state index in [0.29, 0.717) is 25.1 Å². The monoisotopic (exact) mass is 338 g/mol. The first-order valence-corrected chi connectivity index (χ1v) is 8.73. The summed E-state index contributed by atoms with van der Waals surface area (Å²) in [5.74, 6) is -0.603. The molecule has 1 aliphatic carbocycles. The molecule has 5 nitrogen and oxygen atoms in total. The average molecular weight is 338 g/mol. The Morgan fingerprint density at radius 1 is 1.28 bits per heavy atom. The van der Waals surface area contributed by atoms with Crippen LogP contribution in [0, 0.1) is 11.8 Å². The highest BCUT2D eigenvalue weighted by atomic mass is 16.5. The maximum Gasteiger partial charge on any atom is 0.310 e. The number of fused-ring (bicyclic) bond motifs is 5. The molecule has 25 heavy (non-hydrogen) atoms. The molecule has 2 heterocycles. The SMILES string of the molecule is C/C=C1\CN[C@@H]2Cc3c([nH]c4ccccc34)C(=O)C[C@H]1[C@H]2C(=O)OC. The lowest BCUT2D eigenvalue weighted by molar-refractivity contribution is -0.148. The average Bonchev–Trinajstić information content (AvgIpc) is 2.99. The number of hydrogen-bond donors (Lipinski definition) is 2. The van der Waals surface area contributed by atoms with E-state index in [0.717, 1.165) is 22.0 Å². The second-order valence-corrected chi connectivity index (χ2v) is 6.86. The molecule has 1 fully saturated rings. The number of ether oxygens (including phenoxy) is 1. The van der Waals surface area contributed by atoms with Crippen molar-refractivity contribution in [3.05, 3.63) is 47.2 Å². The van der Waals surface area contributed by atoms with E-state index >= 15 is 0 Å². The third-order valence-electron chi connectivity index (χ3n) is 5.68. The zero-order valence-electron chi connectivity index (χ0n) is 14.5. The van der Waals surface area contributed by atoms with Gasteiger partial charge in [0.15, 0.2) is 5.78 Å². The largest absolute Gasteiger partial charge is 0.469 e. The Morgan fingerprint density at radius 2 is 2.08 bits per heavy atom. The normalized spacial score (nSPS) is 27.7. The molecular weight excluding hydrogens is 316 g/mol. The molecule has 2 bridgehead atoms. The maximum atomic E-state index is 13.0. The van der Waals surface area contributed by atoms with E-state index in [-0.39, 0.29) is 29.6 Å². The third kappa shape index (κ3) is 2.50. The molecule has 1 aromatic carbocycles. The van der Waals surface area contributed by atoms with Gasteiger partial charge in [0.1, 0.15) is 0 Å². The highest BCUT2D eigenvalue weighted by molar-refractivity contribution is 6.03. The van der Waals surface area contributed by atoms with E-state index in [9.17, 15) is 9.59 Å². The summed E-state index contributed by atoms with van der Waals surface area (Å²) in [5.41, 5.74) is 3.78. The van der Waals surface area contributed by atoms with E-state index in [4.69, 9.17) is 4.74 Å². The molecule has 5 heteroatoms. The van der Waals surface area contributed by atoms with Crippen molar-refractivity contribution in [2.45, 2.75) is 25.8 Å². The Bertz CT molecular complexity index is 880. The van der Waals surface area contributed by atoms with Crippen LogP contribution in [0.3, 0.4) is 0 Å². The van der Waals surface area contributed by atoms with Crippen molar-refractivity contribution in [3.8, 4) is 0 Å². The number of aromatic amines is 1. The number of piperidine rings is 1. The Hall–Kier alpha value is -2.40. The summed E-state index contributed by atoms with van der Waals surface area (Å²) in [6.07, 6.45) is 2.99. The number of hydrogen-bond acceptors (Lipinski definition) is 4. The summed E-state index contributed by atoms with van der Waals surface area (Å²) in [4.78, 5) is 28.8. The van der Waals surface area contributed by atoms with E-state index in [1.165, 1.54) is 7.11 Å². The Balaban J connectivity index is 1.87. The molecule has 2 aromatic rings. The van der Waals surface area contributed by atoms with Crippen LogP contribution in [0.4, 0.5) is 0 Å². The van der Waals surface area contributed by atoms with Crippen molar-refractivity contribution in [1.29, 1.82) is 0 Å². The van der Waals surface area contributed by atoms with Crippen molar-refractivity contribution in [1.82, 2.24) is 10.3 Å². The molecule has 130 valence electrons. The van der Waals surface area contributed by atoms with Gasteiger partial charge in [-0.25, -0.2) is 0 Å². The van der Waals surface area contributed by atoms with Crippen molar-refractivity contribution >= 4 is 22.7 Å². The van der Waals surface area contributed by atoms with Gasteiger partial charge in [-0.3, -0.25) is 9.59 Å². The molecule has 2 N–H and O–H groups in total. The fourth-order valence-corrected chi connectivity index (χ4v) is 4.43. The third-order valence-corrected chi connectivity index (χ3v) is 5.68. The first kappa shape index (κ1) is 16.1. The van der Waals surface area contributed by atoms with Gasteiger partial charge in [0.05, 0.1) is 18.7 Å². The smallest absolute Gasteiger partial charge is 0.310 e. The molecule has 0 spiro atoms. The first-order chi connectivity index (χ1) is 12.1. The van der Waals surface area contributed by atoms with Crippen molar-refractivity contribution in [2.75, 3.05) is 13.7 Å². The van der Waals surface area contributed by atoms with Gasteiger partial charge in [0, 0.05) is 35.8 Å². The second kappa shape index (κ2) is 6.15. The minimum Gasteiger partial charge on any atom is -0.469 e. The molecule has 2 aliphatic rings. The zero-order valence-corrected chi connectivity index (χ0v) is 14.5. The molecule has 1 saturated heterocycles. The van der Waals surface area contributed by atoms with Crippen molar-refractivity contribution in [2.24, 2.45) is 11.8 Å². The minimum atomic E-state index is -0.337. The minimum absolute atomic E-state index is 0.0350. The maximum absolute atomic E-state index is 13.0. The van der Waals surface area contributed by atoms with E-state index in [2.05, 4.69) is 10.3 Å². The number of ketones is 1. The van der Waals surface area contributed by atoms with Crippen LogP contribution in [0.25, 0.3) is 10.9 Å². The van der Waals surface area contributed by atoms with Crippen LogP contribution < -0.4 is 5.32 Å². The number of benzene rings is 1. The second-order valence-electron chi connectivity index (χ2n) is 6.86. The predicted molar refractivity (Wildman–Crippen MR) is 95.5 cm³/mol. The Labute approximate surface area is 146 Å². The van der Waals surface area contributed by atoms with E-state index in [1.807, 2.05) is 37.3 Å². The van der Waals surface area contributed by atoms with Gasteiger partial charge < -0.3 is 15.0 Å². The predicted octanol–water partition coefficient (Wildman–Crippen LogP) is 2.62. The van der Waals surface area contributed by atoms with Gasteiger partial charge in [0.25, 0.3) is 0 Å². The molecule has 0 radical (unpaired) electrons. The molecule has 1 aromatic heterocycles.